The molecule has 1 saturated heterocycles. The first-order valence-corrected chi connectivity index (χ1v) is 6.03. The van der Waals surface area contributed by atoms with Gasteiger partial charge in [0.15, 0.2) is 0 Å². The standard InChI is InChI=1S/C11H21N3O4/c1-8(10(15)16)5-12-11(17)13-6-9-7-14(2)3-4-18-9/h8-9H,3-7H2,1-2H3,(H,15,16)(H2,12,13,17). The lowest BCUT2D eigenvalue weighted by atomic mass is 10.2. The summed E-state index contributed by atoms with van der Waals surface area (Å²) in [5.74, 6) is -1.51. The molecule has 1 fully saturated rings. The summed E-state index contributed by atoms with van der Waals surface area (Å²) in [5.41, 5.74) is 0. The maximum absolute atomic E-state index is 11.4. The Kier molecular flexibility index (Phi) is 5.87. The monoisotopic (exact) mass is 259 g/mol. The number of likely N-dealkylation sites (N-methyl/N-ethyl adjacent to an activating group) is 1. The molecule has 0 bridgehead atoms. The molecule has 3 N–H and O–H groups in total. The molecule has 0 spiro atoms. The average Bonchev–Trinajstić information content (AvgIpc) is 2.33. The van der Waals surface area contributed by atoms with E-state index >= 15 is 0 Å². The van der Waals surface area contributed by atoms with Gasteiger partial charge in [0.2, 0.25) is 0 Å². The normalized spacial score (nSPS) is 22.2. The van der Waals surface area contributed by atoms with Crippen LogP contribution in [-0.4, -0.2) is 67.9 Å². The SMILES string of the molecule is CC(CNC(=O)NCC1CN(C)CCO1)C(=O)O. The van der Waals surface area contributed by atoms with Gasteiger partial charge in [0.1, 0.15) is 0 Å². The third kappa shape index (κ3) is 5.33. The number of amides is 2. The molecule has 0 saturated carbocycles. The molecule has 0 aromatic rings. The number of carboxylic acids is 1. The summed E-state index contributed by atoms with van der Waals surface area (Å²) in [5, 5.41) is 13.8. The zero-order valence-electron chi connectivity index (χ0n) is 10.8. The fraction of sp³-hybridized carbons (Fsp3) is 0.818. The Labute approximate surface area is 106 Å². The average molecular weight is 259 g/mol. The van der Waals surface area contributed by atoms with E-state index in [1.54, 1.807) is 6.92 Å². The molecule has 18 heavy (non-hydrogen) atoms. The highest BCUT2D eigenvalue weighted by atomic mass is 16.5. The van der Waals surface area contributed by atoms with Crippen molar-refractivity contribution in [1.82, 2.24) is 15.5 Å². The van der Waals surface area contributed by atoms with Gasteiger partial charge in [-0.1, -0.05) is 6.92 Å². The number of morpholine rings is 1. The lowest BCUT2D eigenvalue weighted by Gasteiger charge is -2.30. The van der Waals surface area contributed by atoms with E-state index in [1.807, 2.05) is 7.05 Å². The Morgan fingerprint density at radius 3 is 2.83 bits per heavy atom. The van der Waals surface area contributed by atoms with Gasteiger partial charge in [-0.2, -0.15) is 0 Å². The van der Waals surface area contributed by atoms with Gasteiger partial charge in [-0.25, -0.2) is 4.79 Å². The van der Waals surface area contributed by atoms with Gasteiger partial charge in [0, 0.05) is 26.2 Å². The molecule has 0 aromatic carbocycles. The van der Waals surface area contributed by atoms with Crippen molar-refractivity contribution in [3.05, 3.63) is 0 Å². The van der Waals surface area contributed by atoms with E-state index in [4.69, 9.17) is 9.84 Å². The second kappa shape index (κ2) is 7.17. The molecular weight excluding hydrogens is 238 g/mol. The molecule has 2 unspecified atom stereocenters. The number of hydrogen-bond donors (Lipinski definition) is 3. The van der Waals surface area contributed by atoms with Crippen molar-refractivity contribution in [2.45, 2.75) is 13.0 Å². The molecule has 2 amide bonds. The first-order chi connectivity index (χ1) is 8.49. The number of carboxylic acid groups (broad SMARTS) is 1. The number of nitrogens with one attached hydrogen (secondary N) is 2. The summed E-state index contributed by atoms with van der Waals surface area (Å²) in [6.45, 7) is 4.44. The van der Waals surface area contributed by atoms with Crippen LogP contribution in [0.3, 0.4) is 0 Å². The highest BCUT2D eigenvalue weighted by Crippen LogP contribution is 2.01. The number of ether oxygens (including phenoxy) is 1. The topological polar surface area (TPSA) is 90.9 Å². The van der Waals surface area contributed by atoms with Crippen molar-refractivity contribution in [2.75, 3.05) is 39.8 Å². The molecule has 1 heterocycles. The van der Waals surface area contributed by atoms with Crippen molar-refractivity contribution in [3.8, 4) is 0 Å². The van der Waals surface area contributed by atoms with Crippen LogP contribution in [0, 0.1) is 5.92 Å². The number of rotatable bonds is 5. The molecule has 1 aliphatic rings. The summed E-state index contributed by atoms with van der Waals surface area (Å²) in [6.07, 6.45) is -0.00797. The first-order valence-electron chi connectivity index (χ1n) is 6.03. The van der Waals surface area contributed by atoms with Crippen LogP contribution in [0.25, 0.3) is 0 Å². The second-order valence-electron chi connectivity index (χ2n) is 4.59. The zero-order valence-corrected chi connectivity index (χ0v) is 10.8. The fourth-order valence-electron chi connectivity index (χ4n) is 1.59. The molecule has 1 aliphatic heterocycles. The number of hydrogen-bond acceptors (Lipinski definition) is 4. The molecule has 0 aliphatic carbocycles. The predicted molar refractivity (Wildman–Crippen MR) is 65.4 cm³/mol. The Morgan fingerprint density at radius 1 is 1.50 bits per heavy atom. The minimum atomic E-state index is -0.924. The summed E-state index contributed by atoms with van der Waals surface area (Å²) in [4.78, 5) is 24.1. The third-order valence-corrected chi connectivity index (χ3v) is 2.82. The van der Waals surface area contributed by atoms with Crippen molar-refractivity contribution in [3.63, 3.8) is 0 Å². The zero-order chi connectivity index (χ0) is 13.5. The van der Waals surface area contributed by atoms with Gasteiger partial charge in [-0.05, 0) is 7.05 Å². The van der Waals surface area contributed by atoms with E-state index in [-0.39, 0.29) is 18.7 Å². The summed E-state index contributed by atoms with van der Waals surface area (Å²) in [6, 6.07) is -0.361. The minimum absolute atomic E-state index is 0.00797. The lowest BCUT2D eigenvalue weighted by Crippen LogP contribution is -2.48. The van der Waals surface area contributed by atoms with Crippen LogP contribution in [0.15, 0.2) is 0 Å². The molecule has 0 radical (unpaired) electrons. The Balaban J connectivity index is 2.14. The van der Waals surface area contributed by atoms with Gasteiger partial charge in [0.25, 0.3) is 0 Å². The largest absolute Gasteiger partial charge is 0.481 e. The molecule has 104 valence electrons. The van der Waals surface area contributed by atoms with Crippen LogP contribution < -0.4 is 10.6 Å². The lowest BCUT2D eigenvalue weighted by molar-refractivity contribution is -0.140. The minimum Gasteiger partial charge on any atom is -0.481 e. The maximum Gasteiger partial charge on any atom is 0.314 e. The van der Waals surface area contributed by atoms with E-state index in [0.717, 1.165) is 13.1 Å². The Hall–Kier alpha value is -1.34. The molecule has 7 nitrogen and oxygen atoms in total. The molecular formula is C11H21N3O4. The molecule has 0 aromatic heterocycles. The van der Waals surface area contributed by atoms with Crippen LogP contribution in [0.1, 0.15) is 6.92 Å². The molecule has 2 atom stereocenters. The van der Waals surface area contributed by atoms with Crippen LogP contribution >= 0.6 is 0 Å². The van der Waals surface area contributed by atoms with Crippen molar-refractivity contribution < 1.29 is 19.4 Å². The van der Waals surface area contributed by atoms with Crippen molar-refractivity contribution >= 4 is 12.0 Å². The smallest absolute Gasteiger partial charge is 0.314 e. The number of aliphatic carboxylic acids is 1. The summed E-state index contributed by atoms with van der Waals surface area (Å²) < 4.78 is 5.48. The van der Waals surface area contributed by atoms with Crippen LogP contribution in [0.2, 0.25) is 0 Å². The van der Waals surface area contributed by atoms with Gasteiger partial charge in [-0.3, -0.25) is 4.79 Å². The highest BCUT2D eigenvalue weighted by Gasteiger charge is 2.18. The molecule has 7 heteroatoms. The van der Waals surface area contributed by atoms with Crippen molar-refractivity contribution in [2.24, 2.45) is 5.92 Å². The van der Waals surface area contributed by atoms with Crippen LogP contribution in [-0.2, 0) is 9.53 Å². The van der Waals surface area contributed by atoms with Crippen LogP contribution in [0.5, 0.6) is 0 Å². The van der Waals surface area contributed by atoms with E-state index in [9.17, 15) is 9.59 Å². The van der Waals surface area contributed by atoms with E-state index in [1.165, 1.54) is 0 Å². The molecule has 1 rings (SSSR count). The Bertz CT molecular complexity index is 298. The van der Waals surface area contributed by atoms with E-state index in [0.29, 0.717) is 13.2 Å². The van der Waals surface area contributed by atoms with Crippen LogP contribution in [0.4, 0.5) is 4.79 Å². The van der Waals surface area contributed by atoms with Crippen molar-refractivity contribution in [1.29, 1.82) is 0 Å². The number of urea groups is 1. The summed E-state index contributed by atoms with van der Waals surface area (Å²) >= 11 is 0. The predicted octanol–water partition coefficient (Wildman–Crippen LogP) is -0.663. The van der Waals surface area contributed by atoms with Gasteiger partial charge in [-0.15, -0.1) is 0 Å². The fourth-order valence-corrected chi connectivity index (χ4v) is 1.59. The second-order valence-corrected chi connectivity index (χ2v) is 4.59. The number of carbonyl (C=O) groups is 2. The van der Waals surface area contributed by atoms with E-state index in [2.05, 4.69) is 15.5 Å². The van der Waals surface area contributed by atoms with Gasteiger partial charge >= 0.3 is 12.0 Å². The number of nitrogens with zero attached hydrogens (tertiary/aromatic N) is 1. The van der Waals surface area contributed by atoms with E-state index < -0.39 is 11.9 Å². The summed E-state index contributed by atoms with van der Waals surface area (Å²) in [7, 11) is 2.00. The first kappa shape index (κ1) is 14.7. The Morgan fingerprint density at radius 2 is 2.22 bits per heavy atom. The number of carbonyl (C=O) groups excluding carboxylic acids is 1. The third-order valence-electron chi connectivity index (χ3n) is 2.82. The quantitative estimate of drug-likeness (QED) is 0.609. The highest BCUT2D eigenvalue weighted by molar-refractivity contribution is 5.75. The van der Waals surface area contributed by atoms with Gasteiger partial charge < -0.3 is 25.4 Å². The maximum atomic E-state index is 11.4. The van der Waals surface area contributed by atoms with Gasteiger partial charge in [0.05, 0.1) is 18.6 Å².